The van der Waals surface area contributed by atoms with E-state index in [-0.39, 0.29) is 11.4 Å². The number of benzene rings is 1. The van der Waals surface area contributed by atoms with Crippen LogP contribution in [0.15, 0.2) is 18.2 Å². The Kier molecular flexibility index (Phi) is 4.07. The van der Waals surface area contributed by atoms with Gasteiger partial charge < -0.3 is 10.2 Å². The van der Waals surface area contributed by atoms with Crippen LogP contribution in [-0.2, 0) is 0 Å². The number of hydrogen-bond donors (Lipinski definition) is 1. The van der Waals surface area contributed by atoms with Gasteiger partial charge in [-0.05, 0) is 19.1 Å². The molecule has 1 N–H and O–H groups in total. The molecule has 0 saturated carbocycles. The number of aromatic nitrogens is 3. The molecular weight excluding hydrogens is 264 g/mol. The van der Waals surface area contributed by atoms with Crippen molar-refractivity contribution in [3.63, 3.8) is 0 Å². The minimum Gasteiger partial charge on any atom is -0.354 e. The number of anilines is 2. The molecule has 0 radical (unpaired) electrons. The average molecular weight is 279 g/mol. The van der Waals surface area contributed by atoms with E-state index in [4.69, 9.17) is 0 Å². The topological polar surface area (TPSA) is 53.9 Å². The molecule has 0 unspecified atom stereocenters. The fourth-order valence-corrected chi connectivity index (χ4v) is 1.61. The van der Waals surface area contributed by atoms with Crippen LogP contribution in [0.25, 0.3) is 11.4 Å². The van der Waals surface area contributed by atoms with Crippen molar-refractivity contribution in [2.75, 3.05) is 30.9 Å². The molecule has 0 amide bonds. The molecule has 0 aliphatic heterocycles. The highest BCUT2D eigenvalue weighted by Crippen LogP contribution is 2.21. The first-order chi connectivity index (χ1) is 9.49. The smallest absolute Gasteiger partial charge is 0.230 e. The quantitative estimate of drug-likeness (QED) is 0.930. The van der Waals surface area contributed by atoms with Crippen molar-refractivity contribution in [1.82, 2.24) is 15.0 Å². The Morgan fingerprint density at radius 2 is 1.70 bits per heavy atom. The standard InChI is InChI=1S/C13H15F2N5/c1-4-16-12-17-11(18-13(19-12)20(2)3)8-5-9(14)7-10(15)6-8/h5-7H,4H2,1-3H3,(H,16,17,18,19). The highest BCUT2D eigenvalue weighted by Gasteiger charge is 2.11. The number of rotatable bonds is 4. The van der Waals surface area contributed by atoms with Gasteiger partial charge in [-0.1, -0.05) is 0 Å². The van der Waals surface area contributed by atoms with Crippen LogP contribution in [-0.4, -0.2) is 35.6 Å². The van der Waals surface area contributed by atoms with E-state index in [9.17, 15) is 8.78 Å². The van der Waals surface area contributed by atoms with Crippen molar-refractivity contribution in [3.05, 3.63) is 29.8 Å². The zero-order valence-corrected chi connectivity index (χ0v) is 11.5. The van der Waals surface area contributed by atoms with Crippen molar-refractivity contribution in [3.8, 4) is 11.4 Å². The first kappa shape index (κ1) is 14.1. The van der Waals surface area contributed by atoms with E-state index in [1.165, 1.54) is 12.1 Å². The predicted octanol–water partition coefficient (Wildman–Crippen LogP) is 2.31. The van der Waals surface area contributed by atoms with Gasteiger partial charge >= 0.3 is 0 Å². The van der Waals surface area contributed by atoms with Gasteiger partial charge in [-0.25, -0.2) is 8.78 Å². The maximum absolute atomic E-state index is 13.3. The molecular formula is C13H15F2N5. The molecule has 0 atom stereocenters. The minimum absolute atomic E-state index is 0.220. The van der Waals surface area contributed by atoms with Gasteiger partial charge in [0.2, 0.25) is 11.9 Å². The summed E-state index contributed by atoms with van der Waals surface area (Å²) in [6.07, 6.45) is 0. The molecule has 2 rings (SSSR count). The molecule has 1 aromatic heterocycles. The highest BCUT2D eigenvalue weighted by molar-refractivity contribution is 5.58. The molecule has 0 aliphatic carbocycles. The zero-order valence-electron chi connectivity index (χ0n) is 11.5. The minimum atomic E-state index is -0.670. The summed E-state index contributed by atoms with van der Waals surface area (Å²) in [6, 6.07) is 3.18. The van der Waals surface area contributed by atoms with Gasteiger partial charge in [0.05, 0.1) is 0 Å². The summed E-state index contributed by atoms with van der Waals surface area (Å²) in [6.45, 7) is 2.54. The third-order valence-corrected chi connectivity index (χ3v) is 2.48. The van der Waals surface area contributed by atoms with E-state index in [1.807, 2.05) is 6.92 Å². The van der Waals surface area contributed by atoms with E-state index in [0.717, 1.165) is 6.07 Å². The Hall–Kier alpha value is -2.31. The van der Waals surface area contributed by atoms with E-state index in [0.29, 0.717) is 18.4 Å². The second-order valence-corrected chi connectivity index (χ2v) is 4.37. The van der Waals surface area contributed by atoms with Gasteiger partial charge in [0.1, 0.15) is 11.6 Å². The molecule has 2 aromatic rings. The van der Waals surface area contributed by atoms with Gasteiger partial charge in [0, 0.05) is 32.3 Å². The molecule has 20 heavy (non-hydrogen) atoms. The first-order valence-corrected chi connectivity index (χ1v) is 6.13. The van der Waals surface area contributed by atoms with Crippen LogP contribution in [0.1, 0.15) is 6.92 Å². The lowest BCUT2D eigenvalue weighted by molar-refractivity contribution is 0.584. The lowest BCUT2D eigenvalue weighted by Gasteiger charge is -2.13. The fraction of sp³-hybridized carbons (Fsp3) is 0.308. The van der Waals surface area contributed by atoms with Gasteiger partial charge in [-0.3, -0.25) is 0 Å². The van der Waals surface area contributed by atoms with E-state index < -0.39 is 11.6 Å². The lowest BCUT2D eigenvalue weighted by atomic mass is 10.2. The van der Waals surface area contributed by atoms with E-state index >= 15 is 0 Å². The van der Waals surface area contributed by atoms with Crippen LogP contribution in [0, 0.1) is 11.6 Å². The molecule has 0 spiro atoms. The largest absolute Gasteiger partial charge is 0.354 e. The van der Waals surface area contributed by atoms with Crippen molar-refractivity contribution >= 4 is 11.9 Å². The molecule has 0 saturated heterocycles. The van der Waals surface area contributed by atoms with Crippen LogP contribution in [0.2, 0.25) is 0 Å². The summed E-state index contributed by atoms with van der Waals surface area (Å²) in [4.78, 5) is 14.3. The fourth-order valence-electron chi connectivity index (χ4n) is 1.61. The zero-order chi connectivity index (χ0) is 14.7. The molecule has 1 heterocycles. The SMILES string of the molecule is CCNc1nc(-c2cc(F)cc(F)c2)nc(N(C)C)n1. The second-order valence-electron chi connectivity index (χ2n) is 4.37. The maximum Gasteiger partial charge on any atom is 0.230 e. The van der Waals surface area contributed by atoms with Crippen LogP contribution in [0.5, 0.6) is 0 Å². The van der Waals surface area contributed by atoms with Gasteiger partial charge in [0.15, 0.2) is 5.82 Å². The number of hydrogen-bond acceptors (Lipinski definition) is 5. The summed E-state index contributed by atoms with van der Waals surface area (Å²) in [5, 5.41) is 2.97. The Labute approximate surface area is 115 Å². The third kappa shape index (κ3) is 3.17. The van der Waals surface area contributed by atoms with Crippen LogP contribution >= 0.6 is 0 Å². The number of nitrogens with zero attached hydrogens (tertiary/aromatic N) is 4. The summed E-state index contributed by atoms with van der Waals surface area (Å²) in [5.41, 5.74) is 0.271. The van der Waals surface area contributed by atoms with Crippen LogP contribution in [0.4, 0.5) is 20.7 Å². The molecule has 0 fully saturated rings. The Bertz CT molecular complexity index is 595. The van der Waals surface area contributed by atoms with Crippen molar-refractivity contribution < 1.29 is 8.78 Å². The van der Waals surface area contributed by atoms with Gasteiger partial charge in [0.25, 0.3) is 0 Å². The maximum atomic E-state index is 13.3. The van der Waals surface area contributed by atoms with Crippen LogP contribution in [0.3, 0.4) is 0 Å². The molecule has 106 valence electrons. The Morgan fingerprint density at radius 3 is 2.25 bits per heavy atom. The summed E-state index contributed by atoms with van der Waals surface area (Å²) < 4.78 is 26.6. The molecule has 0 aliphatic rings. The normalized spacial score (nSPS) is 10.4. The monoisotopic (exact) mass is 279 g/mol. The predicted molar refractivity (Wildman–Crippen MR) is 73.7 cm³/mol. The molecule has 1 aromatic carbocycles. The third-order valence-electron chi connectivity index (χ3n) is 2.48. The molecule has 0 bridgehead atoms. The number of halogens is 2. The van der Waals surface area contributed by atoms with Crippen LogP contribution < -0.4 is 10.2 Å². The van der Waals surface area contributed by atoms with E-state index in [1.54, 1.807) is 19.0 Å². The molecule has 5 nitrogen and oxygen atoms in total. The van der Waals surface area contributed by atoms with Crippen molar-refractivity contribution in [1.29, 1.82) is 0 Å². The highest BCUT2D eigenvalue weighted by atomic mass is 19.1. The number of nitrogens with one attached hydrogen (secondary N) is 1. The molecule has 7 heteroatoms. The Balaban J connectivity index is 2.54. The average Bonchev–Trinajstić information content (AvgIpc) is 2.37. The second kappa shape index (κ2) is 5.77. The van der Waals surface area contributed by atoms with E-state index in [2.05, 4.69) is 20.3 Å². The first-order valence-electron chi connectivity index (χ1n) is 6.13. The summed E-state index contributed by atoms with van der Waals surface area (Å²) >= 11 is 0. The Morgan fingerprint density at radius 1 is 1.05 bits per heavy atom. The van der Waals surface area contributed by atoms with Crippen molar-refractivity contribution in [2.45, 2.75) is 6.92 Å². The van der Waals surface area contributed by atoms with Gasteiger partial charge in [-0.15, -0.1) is 0 Å². The van der Waals surface area contributed by atoms with Crippen molar-refractivity contribution in [2.24, 2.45) is 0 Å². The lowest BCUT2D eigenvalue weighted by Crippen LogP contribution is -2.16. The summed E-state index contributed by atoms with van der Waals surface area (Å²) in [7, 11) is 3.56. The summed E-state index contributed by atoms with van der Waals surface area (Å²) in [5.74, 6) is -0.340. The van der Waals surface area contributed by atoms with Gasteiger partial charge in [-0.2, -0.15) is 15.0 Å².